The number of fused-ring (bicyclic) bond motifs is 2. The summed E-state index contributed by atoms with van der Waals surface area (Å²) in [5, 5.41) is 4.74. The van der Waals surface area contributed by atoms with Crippen molar-refractivity contribution in [3.05, 3.63) is 65.1 Å². The number of hydrogen-bond donors (Lipinski definition) is 3. The van der Waals surface area contributed by atoms with Crippen LogP contribution in [0.4, 0.5) is 4.39 Å². The maximum atomic E-state index is 13.9. The van der Waals surface area contributed by atoms with Crippen molar-refractivity contribution in [2.24, 2.45) is 5.73 Å². The van der Waals surface area contributed by atoms with Gasteiger partial charge in [0.1, 0.15) is 6.61 Å². The summed E-state index contributed by atoms with van der Waals surface area (Å²) in [6.45, 7) is 1.22. The predicted octanol–water partition coefficient (Wildman–Crippen LogP) is 3.32. The van der Waals surface area contributed by atoms with E-state index in [9.17, 15) is 9.18 Å². The third kappa shape index (κ3) is 3.73. The lowest BCUT2D eigenvalue weighted by Gasteiger charge is -2.27. The Morgan fingerprint density at radius 1 is 1.25 bits per heavy atom. The maximum Gasteiger partial charge on any atom is 0.249 e. The lowest BCUT2D eigenvalue weighted by Crippen LogP contribution is -2.40. The molecule has 0 radical (unpaired) electrons. The normalized spacial score (nSPS) is 16.0. The highest BCUT2D eigenvalue weighted by Crippen LogP contribution is 2.31. The van der Waals surface area contributed by atoms with Crippen molar-refractivity contribution < 1.29 is 13.9 Å². The van der Waals surface area contributed by atoms with Gasteiger partial charge >= 0.3 is 0 Å². The number of H-pyrrole nitrogens is 1. The topological polar surface area (TPSA) is 80.1 Å². The van der Waals surface area contributed by atoms with Gasteiger partial charge in [0.25, 0.3) is 0 Å². The van der Waals surface area contributed by atoms with Gasteiger partial charge in [0.15, 0.2) is 11.6 Å². The van der Waals surface area contributed by atoms with Gasteiger partial charge in [-0.15, -0.1) is 0 Å². The molecule has 28 heavy (non-hydrogen) atoms. The number of nitrogens with two attached hydrogens (primary N) is 1. The van der Waals surface area contributed by atoms with Gasteiger partial charge < -0.3 is 20.8 Å². The second-order valence-corrected chi connectivity index (χ2v) is 7.25. The van der Waals surface area contributed by atoms with Crippen LogP contribution in [0.25, 0.3) is 10.9 Å². The van der Waals surface area contributed by atoms with Gasteiger partial charge in [-0.2, -0.15) is 0 Å². The van der Waals surface area contributed by atoms with Crippen molar-refractivity contribution in [1.29, 1.82) is 0 Å². The number of aromatic amines is 1. The van der Waals surface area contributed by atoms with Gasteiger partial charge in [-0.05, 0) is 56.0 Å². The lowest BCUT2D eigenvalue weighted by molar-refractivity contribution is 0.0997. The summed E-state index contributed by atoms with van der Waals surface area (Å²) in [5.74, 6) is -0.843. The second-order valence-electron chi connectivity index (χ2n) is 7.25. The fourth-order valence-corrected chi connectivity index (χ4v) is 3.89. The number of para-hydroxylation sites is 1. The van der Waals surface area contributed by atoms with Gasteiger partial charge in [-0.3, -0.25) is 4.79 Å². The molecule has 1 amide bonds. The molecule has 2 aromatic carbocycles. The average Bonchev–Trinajstić information content (AvgIpc) is 3.11. The number of carbonyl (C=O) groups excluding carboxylic acids is 1. The highest BCUT2D eigenvalue weighted by atomic mass is 19.1. The summed E-state index contributed by atoms with van der Waals surface area (Å²) in [6.07, 6.45) is 5.74. The molecule has 0 fully saturated rings. The first-order valence-electron chi connectivity index (χ1n) is 9.66. The Morgan fingerprint density at radius 3 is 2.96 bits per heavy atom. The average molecular weight is 381 g/mol. The van der Waals surface area contributed by atoms with E-state index in [1.165, 1.54) is 28.6 Å². The number of primary amides is 1. The van der Waals surface area contributed by atoms with Crippen molar-refractivity contribution in [1.82, 2.24) is 10.3 Å². The molecule has 5 nitrogen and oxygen atoms in total. The molecule has 1 aliphatic rings. The molecule has 1 atom stereocenters. The largest absolute Gasteiger partial charge is 0.489 e. The van der Waals surface area contributed by atoms with Crippen LogP contribution in [0.2, 0.25) is 0 Å². The van der Waals surface area contributed by atoms with E-state index in [1.54, 1.807) is 0 Å². The van der Waals surface area contributed by atoms with E-state index in [4.69, 9.17) is 10.5 Å². The Labute approximate surface area is 163 Å². The summed E-state index contributed by atoms with van der Waals surface area (Å²) < 4.78 is 19.5. The number of amides is 1. The summed E-state index contributed by atoms with van der Waals surface area (Å²) in [5.41, 5.74) is 8.83. The van der Waals surface area contributed by atoms with E-state index in [0.717, 1.165) is 25.8 Å². The van der Waals surface area contributed by atoms with Gasteiger partial charge in [0.05, 0.1) is 0 Å². The van der Waals surface area contributed by atoms with Crippen LogP contribution in [0.15, 0.2) is 42.6 Å². The molecular weight excluding hydrogens is 357 g/mol. The molecule has 0 saturated carbocycles. The maximum absolute atomic E-state index is 13.9. The van der Waals surface area contributed by atoms with Crippen molar-refractivity contribution in [3.63, 3.8) is 0 Å². The third-order valence-corrected chi connectivity index (χ3v) is 5.34. The molecule has 3 aromatic rings. The summed E-state index contributed by atoms with van der Waals surface area (Å²) in [6, 6.07) is 11.0. The monoisotopic (exact) mass is 381 g/mol. The molecule has 146 valence electrons. The molecule has 0 aliphatic carbocycles. The number of ether oxygens (including phenoxy) is 1. The Bertz CT molecular complexity index is 999. The number of hydrogen-bond acceptors (Lipinski definition) is 3. The van der Waals surface area contributed by atoms with Crippen LogP contribution in [0.1, 0.15) is 34.3 Å². The molecule has 0 saturated heterocycles. The van der Waals surface area contributed by atoms with Gasteiger partial charge in [-0.25, -0.2) is 4.39 Å². The molecule has 0 spiro atoms. The van der Waals surface area contributed by atoms with E-state index < -0.39 is 11.7 Å². The molecular formula is C22H24FN3O2. The van der Waals surface area contributed by atoms with Crippen LogP contribution in [0.3, 0.4) is 0 Å². The van der Waals surface area contributed by atoms with E-state index in [2.05, 4.69) is 34.7 Å². The summed E-state index contributed by atoms with van der Waals surface area (Å²) >= 11 is 0. The Kier molecular flexibility index (Phi) is 5.30. The minimum atomic E-state index is -0.556. The standard InChI is InChI=1S/C22H24FN3O2/c23-19-9-8-17(22(24)27)18-11-15(13-28-21(18)19)25-10-4-3-5-14-12-26-20-7-2-1-6-16(14)20/h1-2,6-9,12,15,25-26H,3-5,10-11,13H2,(H2,24,27). The number of halogens is 1. The molecule has 4 N–H and O–H groups in total. The van der Waals surface area contributed by atoms with Crippen LogP contribution >= 0.6 is 0 Å². The first-order valence-corrected chi connectivity index (χ1v) is 9.66. The SMILES string of the molecule is NC(=O)c1ccc(F)c2c1CC(NCCCCc1c[nH]c3ccccc13)CO2. The fourth-order valence-electron chi connectivity index (χ4n) is 3.89. The molecule has 6 heteroatoms. The first kappa shape index (κ1) is 18.5. The minimum absolute atomic E-state index is 0.0421. The van der Waals surface area contributed by atoms with Crippen LogP contribution in [-0.2, 0) is 12.8 Å². The van der Waals surface area contributed by atoms with E-state index in [-0.39, 0.29) is 11.8 Å². The van der Waals surface area contributed by atoms with Crippen molar-refractivity contribution in [3.8, 4) is 5.75 Å². The van der Waals surface area contributed by atoms with Crippen LogP contribution in [-0.4, -0.2) is 30.1 Å². The number of carbonyl (C=O) groups is 1. The number of unbranched alkanes of at least 4 members (excludes halogenated alkanes) is 1. The lowest BCUT2D eigenvalue weighted by atomic mass is 9.96. The molecule has 0 bridgehead atoms. The molecule has 2 heterocycles. The minimum Gasteiger partial charge on any atom is -0.489 e. The Morgan fingerprint density at radius 2 is 2.11 bits per heavy atom. The van der Waals surface area contributed by atoms with Crippen molar-refractivity contribution in [2.45, 2.75) is 31.7 Å². The zero-order valence-electron chi connectivity index (χ0n) is 15.6. The highest BCUT2D eigenvalue weighted by molar-refractivity contribution is 5.95. The Hall–Kier alpha value is -2.86. The highest BCUT2D eigenvalue weighted by Gasteiger charge is 2.26. The molecule has 1 unspecified atom stereocenters. The molecule has 1 aliphatic heterocycles. The number of aryl methyl sites for hydroxylation is 1. The van der Waals surface area contributed by atoms with Crippen molar-refractivity contribution >= 4 is 16.8 Å². The first-order chi connectivity index (χ1) is 13.6. The molecule has 4 rings (SSSR count). The van der Waals surface area contributed by atoms with Crippen LogP contribution in [0, 0.1) is 5.82 Å². The fraction of sp³-hybridized carbons (Fsp3) is 0.318. The smallest absolute Gasteiger partial charge is 0.249 e. The van der Waals surface area contributed by atoms with E-state index >= 15 is 0 Å². The number of aromatic nitrogens is 1. The van der Waals surface area contributed by atoms with E-state index in [1.807, 2.05) is 6.07 Å². The van der Waals surface area contributed by atoms with Gasteiger partial charge in [0, 0.05) is 34.3 Å². The van der Waals surface area contributed by atoms with Crippen LogP contribution < -0.4 is 15.8 Å². The van der Waals surface area contributed by atoms with Crippen LogP contribution in [0.5, 0.6) is 5.75 Å². The Balaban J connectivity index is 1.29. The summed E-state index contributed by atoms with van der Waals surface area (Å²) in [4.78, 5) is 14.9. The second kappa shape index (κ2) is 8.02. The molecule has 1 aromatic heterocycles. The third-order valence-electron chi connectivity index (χ3n) is 5.34. The number of rotatable bonds is 7. The zero-order valence-corrected chi connectivity index (χ0v) is 15.6. The van der Waals surface area contributed by atoms with Crippen molar-refractivity contribution in [2.75, 3.05) is 13.2 Å². The van der Waals surface area contributed by atoms with Gasteiger partial charge in [0.2, 0.25) is 5.91 Å². The summed E-state index contributed by atoms with van der Waals surface area (Å²) in [7, 11) is 0. The zero-order chi connectivity index (χ0) is 19.5. The van der Waals surface area contributed by atoms with E-state index in [0.29, 0.717) is 24.2 Å². The number of benzene rings is 2. The number of nitrogens with one attached hydrogen (secondary N) is 2. The van der Waals surface area contributed by atoms with Gasteiger partial charge in [-0.1, -0.05) is 18.2 Å². The predicted molar refractivity (Wildman–Crippen MR) is 107 cm³/mol. The quantitative estimate of drug-likeness (QED) is 0.549.